The minimum absolute atomic E-state index is 0.285. The van der Waals surface area contributed by atoms with E-state index >= 15 is 0 Å². The van der Waals surface area contributed by atoms with Crippen molar-refractivity contribution in [1.29, 1.82) is 5.26 Å². The lowest BCUT2D eigenvalue weighted by atomic mass is 9.63. The Morgan fingerprint density at radius 3 is 2.33 bits per heavy atom. The molecule has 0 radical (unpaired) electrons. The lowest BCUT2D eigenvalue weighted by Crippen LogP contribution is -2.30. The first-order chi connectivity index (χ1) is 7.38. The van der Waals surface area contributed by atoms with Crippen LogP contribution in [0.4, 0.5) is 0 Å². The fraction of sp³-hybridized carbons (Fsp3) is 0.643. The molecule has 0 unspecified atom stereocenters. The summed E-state index contributed by atoms with van der Waals surface area (Å²) in [6.45, 7) is 0. The molecule has 0 aliphatic heterocycles. The highest BCUT2D eigenvalue weighted by molar-refractivity contribution is 5.36. The maximum Gasteiger partial charge on any atom is 0.0665 e. The van der Waals surface area contributed by atoms with Gasteiger partial charge >= 0.3 is 0 Å². The molecule has 0 aromatic heterocycles. The van der Waals surface area contributed by atoms with Crippen LogP contribution in [0, 0.1) is 29.1 Å². The molecule has 1 heteroatoms. The topological polar surface area (TPSA) is 23.8 Å². The maximum atomic E-state index is 9.23. The molecule has 0 spiro atoms. The van der Waals surface area contributed by atoms with Crippen LogP contribution in [-0.2, 0) is 0 Å². The molecule has 78 valence electrons. The molecule has 0 saturated heterocycles. The van der Waals surface area contributed by atoms with E-state index < -0.39 is 0 Å². The van der Waals surface area contributed by atoms with E-state index in [0.29, 0.717) is 11.8 Å². The van der Waals surface area contributed by atoms with E-state index in [4.69, 9.17) is 0 Å². The number of nitriles is 1. The molecule has 4 aliphatic rings. The predicted molar refractivity (Wildman–Crippen MR) is 60.0 cm³/mol. The van der Waals surface area contributed by atoms with Crippen molar-refractivity contribution < 1.29 is 0 Å². The van der Waals surface area contributed by atoms with Crippen LogP contribution in [0.2, 0.25) is 0 Å². The van der Waals surface area contributed by atoms with Gasteiger partial charge in [-0.3, -0.25) is 0 Å². The molecule has 4 rings (SSSR count). The third-order valence-electron chi connectivity index (χ3n) is 4.18. The Kier molecular flexibility index (Phi) is 2.16. The van der Waals surface area contributed by atoms with Gasteiger partial charge in [-0.2, -0.15) is 5.26 Å². The van der Waals surface area contributed by atoms with Crippen LogP contribution in [0.15, 0.2) is 23.3 Å². The second-order valence-corrected chi connectivity index (χ2v) is 5.16. The summed E-state index contributed by atoms with van der Waals surface area (Å²) in [5, 5.41) is 9.23. The van der Waals surface area contributed by atoms with Gasteiger partial charge in [0.15, 0.2) is 0 Å². The van der Waals surface area contributed by atoms with Gasteiger partial charge in [-0.15, -0.1) is 0 Å². The summed E-state index contributed by atoms with van der Waals surface area (Å²) >= 11 is 0. The molecule has 1 saturated carbocycles. The van der Waals surface area contributed by atoms with E-state index in [0.717, 1.165) is 6.42 Å². The minimum Gasteiger partial charge on any atom is -0.198 e. The number of rotatable bonds is 0. The van der Waals surface area contributed by atoms with Crippen molar-refractivity contribution in [2.24, 2.45) is 17.8 Å². The third kappa shape index (κ3) is 1.44. The van der Waals surface area contributed by atoms with Gasteiger partial charge in [-0.05, 0) is 38.0 Å². The van der Waals surface area contributed by atoms with Crippen molar-refractivity contribution >= 4 is 0 Å². The summed E-state index contributed by atoms with van der Waals surface area (Å²) < 4.78 is 0. The molecule has 0 aromatic rings. The molecule has 1 fully saturated rings. The first kappa shape index (κ1) is 9.21. The van der Waals surface area contributed by atoms with Gasteiger partial charge in [0.1, 0.15) is 0 Å². The Hall–Kier alpha value is -1.03. The fourth-order valence-electron chi connectivity index (χ4n) is 3.57. The van der Waals surface area contributed by atoms with Crippen molar-refractivity contribution in [2.75, 3.05) is 0 Å². The van der Waals surface area contributed by atoms with Crippen LogP contribution in [0.5, 0.6) is 0 Å². The van der Waals surface area contributed by atoms with Crippen LogP contribution in [0.1, 0.15) is 38.5 Å². The van der Waals surface area contributed by atoms with E-state index in [-0.39, 0.29) is 5.92 Å². The van der Waals surface area contributed by atoms with Crippen molar-refractivity contribution in [3.05, 3.63) is 23.3 Å². The van der Waals surface area contributed by atoms with Crippen LogP contribution < -0.4 is 0 Å². The second-order valence-electron chi connectivity index (χ2n) is 5.16. The number of nitrogens with zero attached hydrogens (tertiary/aromatic N) is 1. The first-order valence-corrected chi connectivity index (χ1v) is 6.19. The average molecular weight is 199 g/mol. The zero-order valence-corrected chi connectivity index (χ0v) is 9.08. The van der Waals surface area contributed by atoms with Crippen molar-refractivity contribution in [1.82, 2.24) is 0 Å². The van der Waals surface area contributed by atoms with Crippen LogP contribution in [0.25, 0.3) is 0 Å². The van der Waals surface area contributed by atoms with E-state index in [1.165, 1.54) is 32.1 Å². The van der Waals surface area contributed by atoms with E-state index in [2.05, 4.69) is 18.2 Å². The molecule has 0 heterocycles. The van der Waals surface area contributed by atoms with Gasteiger partial charge in [0, 0.05) is 5.92 Å². The molecule has 1 atom stereocenters. The van der Waals surface area contributed by atoms with Gasteiger partial charge in [0.2, 0.25) is 0 Å². The summed E-state index contributed by atoms with van der Waals surface area (Å²) in [4.78, 5) is 0. The highest BCUT2D eigenvalue weighted by atomic mass is 14.4. The smallest absolute Gasteiger partial charge is 0.0665 e. The molecule has 0 aromatic carbocycles. The van der Waals surface area contributed by atoms with Gasteiger partial charge in [-0.25, -0.2) is 0 Å². The zero-order valence-electron chi connectivity index (χ0n) is 9.08. The Morgan fingerprint density at radius 2 is 1.73 bits per heavy atom. The lowest BCUT2D eigenvalue weighted by Gasteiger charge is -2.40. The largest absolute Gasteiger partial charge is 0.198 e. The van der Waals surface area contributed by atoms with Gasteiger partial charge in [0.25, 0.3) is 0 Å². The SMILES string of the molecule is N#C[C@H]1CC2C=C3CCCCCC(=C2)C31. The maximum absolute atomic E-state index is 9.23. The number of allylic oxidation sites excluding steroid dienone is 4. The van der Waals surface area contributed by atoms with Gasteiger partial charge in [-0.1, -0.05) is 29.7 Å². The first-order valence-electron chi connectivity index (χ1n) is 6.19. The second kappa shape index (κ2) is 3.52. The van der Waals surface area contributed by atoms with Crippen molar-refractivity contribution in [3.8, 4) is 6.07 Å². The minimum atomic E-state index is 0.285. The average Bonchev–Trinajstić information content (AvgIpc) is 2.26. The van der Waals surface area contributed by atoms with Gasteiger partial charge in [0.05, 0.1) is 12.0 Å². The number of hydrogen-bond acceptors (Lipinski definition) is 1. The molecule has 0 amide bonds. The summed E-state index contributed by atoms with van der Waals surface area (Å²) in [5.41, 5.74) is 3.19. The van der Waals surface area contributed by atoms with Crippen LogP contribution in [0.3, 0.4) is 0 Å². The summed E-state index contributed by atoms with van der Waals surface area (Å²) in [6.07, 6.45) is 12.5. The molecular weight excluding hydrogens is 182 g/mol. The molecule has 15 heavy (non-hydrogen) atoms. The van der Waals surface area contributed by atoms with Crippen molar-refractivity contribution in [3.63, 3.8) is 0 Å². The molecule has 4 bridgehead atoms. The van der Waals surface area contributed by atoms with Crippen LogP contribution >= 0.6 is 0 Å². The van der Waals surface area contributed by atoms with Crippen molar-refractivity contribution in [2.45, 2.75) is 38.5 Å². The quantitative estimate of drug-likeness (QED) is 0.547. The fourth-order valence-corrected chi connectivity index (χ4v) is 3.57. The van der Waals surface area contributed by atoms with Gasteiger partial charge < -0.3 is 0 Å². The highest BCUT2D eigenvalue weighted by Gasteiger charge is 2.38. The summed E-state index contributed by atoms with van der Waals surface area (Å²) in [6, 6.07) is 2.53. The number of hydrogen-bond donors (Lipinski definition) is 0. The Balaban J connectivity index is 1.98. The third-order valence-corrected chi connectivity index (χ3v) is 4.18. The lowest BCUT2D eigenvalue weighted by molar-refractivity contribution is 0.361. The van der Waals surface area contributed by atoms with E-state index in [9.17, 15) is 5.26 Å². The molecule has 1 nitrogen and oxygen atoms in total. The Morgan fingerprint density at radius 1 is 1.07 bits per heavy atom. The Bertz CT molecular complexity index is 345. The standard InChI is InChI=1S/C14H17N/c15-9-13-8-10-6-11-4-2-1-3-5-12(7-10)14(11)13/h6-7,10,13-14H,1-5,8H2/t10?,13-,14?/m1/s1. The highest BCUT2D eigenvalue weighted by Crippen LogP contribution is 2.48. The normalized spacial score (nSPS) is 38.5. The molecule has 0 N–H and O–H groups in total. The predicted octanol–water partition coefficient (Wildman–Crippen LogP) is 3.59. The van der Waals surface area contributed by atoms with E-state index in [1.54, 1.807) is 11.1 Å². The summed E-state index contributed by atoms with van der Waals surface area (Å²) in [5.74, 6) is 1.39. The number of fused-ring (bicyclic) bond motifs is 1. The van der Waals surface area contributed by atoms with Crippen LogP contribution in [-0.4, -0.2) is 0 Å². The Labute approximate surface area is 91.5 Å². The zero-order chi connectivity index (χ0) is 10.3. The molecular formula is C14H17N. The molecule has 4 aliphatic carbocycles. The van der Waals surface area contributed by atoms with E-state index in [1.807, 2.05) is 0 Å². The summed E-state index contributed by atoms with van der Waals surface area (Å²) in [7, 11) is 0. The monoisotopic (exact) mass is 199 g/mol.